The average Bonchev–Trinajstić information content (AvgIpc) is 2.54. The van der Waals surface area contributed by atoms with Gasteiger partial charge in [0.1, 0.15) is 5.75 Å². The predicted molar refractivity (Wildman–Crippen MR) is 92.5 cm³/mol. The number of hydrogen-bond donors (Lipinski definition) is 3. The number of aromatic hydroxyl groups is 1. The highest BCUT2D eigenvalue weighted by atomic mass is 16.3. The zero-order valence-corrected chi connectivity index (χ0v) is 13.9. The molecule has 0 spiro atoms. The number of benzene rings is 1. The number of carbonyl (C=O) groups is 1. The first kappa shape index (κ1) is 19.2. The van der Waals surface area contributed by atoms with Crippen molar-refractivity contribution in [2.75, 3.05) is 0 Å². The Morgan fingerprint density at radius 1 is 1.22 bits per heavy atom. The maximum Gasteiger partial charge on any atom is 0.240 e. The van der Waals surface area contributed by atoms with Gasteiger partial charge < -0.3 is 10.2 Å². The quantitative estimate of drug-likeness (QED) is 0.332. The van der Waals surface area contributed by atoms with Crippen molar-refractivity contribution >= 4 is 12.1 Å². The molecule has 3 N–H and O–H groups in total. The van der Waals surface area contributed by atoms with Gasteiger partial charge in [-0.15, -0.1) is 0 Å². The molecule has 1 atom stereocenters. The minimum Gasteiger partial charge on any atom is -0.507 e. The van der Waals surface area contributed by atoms with Crippen molar-refractivity contribution in [2.24, 2.45) is 5.10 Å². The van der Waals surface area contributed by atoms with Crippen LogP contribution in [0.15, 0.2) is 29.4 Å². The Bertz CT molecular complexity index is 489. The summed E-state index contributed by atoms with van der Waals surface area (Å²) in [6.45, 7) is 2.18. The molecule has 1 unspecified atom stereocenters. The Morgan fingerprint density at radius 2 is 1.96 bits per heavy atom. The van der Waals surface area contributed by atoms with E-state index in [-0.39, 0.29) is 18.1 Å². The number of phenolic OH excluding ortho intramolecular Hbond substituents is 1. The monoisotopic (exact) mass is 320 g/mol. The molecule has 0 bridgehead atoms. The first-order valence-electron chi connectivity index (χ1n) is 8.41. The number of aliphatic hydroxyl groups excluding tert-OH is 1. The van der Waals surface area contributed by atoms with Crippen molar-refractivity contribution in [1.82, 2.24) is 5.43 Å². The normalized spacial score (nSPS) is 12.4. The number of aliphatic hydroxyl groups is 1. The molecule has 0 aliphatic rings. The van der Waals surface area contributed by atoms with E-state index in [1.807, 2.05) is 0 Å². The van der Waals surface area contributed by atoms with Crippen LogP contribution in [-0.2, 0) is 4.79 Å². The number of rotatable bonds is 11. The fourth-order valence-electron chi connectivity index (χ4n) is 2.25. The first-order valence-corrected chi connectivity index (χ1v) is 8.41. The largest absolute Gasteiger partial charge is 0.507 e. The van der Waals surface area contributed by atoms with Gasteiger partial charge in [-0.2, -0.15) is 5.10 Å². The Balaban J connectivity index is 2.15. The van der Waals surface area contributed by atoms with Crippen LogP contribution in [0.5, 0.6) is 5.75 Å². The van der Waals surface area contributed by atoms with Crippen molar-refractivity contribution in [2.45, 2.75) is 64.4 Å². The second-order valence-electron chi connectivity index (χ2n) is 5.75. The van der Waals surface area contributed by atoms with Gasteiger partial charge in [-0.1, -0.05) is 51.2 Å². The molecule has 0 fully saturated rings. The van der Waals surface area contributed by atoms with Crippen LogP contribution in [-0.4, -0.2) is 28.4 Å². The van der Waals surface area contributed by atoms with Crippen molar-refractivity contribution in [3.05, 3.63) is 29.8 Å². The number of phenols is 1. The molecule has 1 amide bonds. The highest BCUT2D eigenvalue weighted by Gasteiger charge is 2.07. The number of nitrogens with zero attached hydrogens (tertiary/aromatic N) is 1. The third kappa shape index (κ3) is 8.98. The molecule has 0 aromatic heterocycles. The lowest BCUT2D eigenvalue weighted by molar-refractivity contribution is -0.121. The summed E-state index contributed by atoms with van der Waals surface area (Å²) >= 11 is 0. The van der Waals surface area contributed by atoms with Crippen LogP contribution in [0.3, 0.4) is 0 Å². The molecule has 0 heterocycles. The fraction of sp³-hybridized carbons (Fsp3) is 0.556. The standard InChI is InChI=1S/C18H28N2O3/c1-2-3-4-5-6-10-16(21)12-13-18(23)20-19-14-15-9-7-8-11-17(15)22/h7-9,11,14,16,21-22H,2-6,10,12-13H2,1H3,(H,20,23)/b19-14+. The molecule has 0 aliphatic carbocycles. The molecule has 0 aliphatic heterocycles. The molecular formula is C18H28N2O3. The topological polar surface area (TPSA) is 81.9 Å². The lowest BCUT2D eigenvalue weighted by Gasteiger charge is -2.09. The summed E-state index contributed by atoms with van der Waals surface area (Å²) in [5, 5.41) is 23.2. The van der Waals surface area contributed by atoms with E-state index in [2.05, 4.69) is 17.5 Å². The van der Waals surface area contributed by atoms with E-state index in [1.165, 1.54) is 25.5 Å². The molecule has 1 aromatic rings. The first-order chi connectivity index (χ1) is 11.1. The molecule has 23 heavy (non-hydrogen) atoms. The van der Waals surface area contributed by atoms with Gasteiger partial charge in [0.15, 0.2) is 0 Å². The second kappa shape index (κ2) is 11.7. The van der Waals surface area contributed by atoms with Gasteiger partial charge in [-0.25, -0.2) is 5.43 Å². The van der Waals surface area contributed by atoms with E-state index in [0.717, 1.165) is 19.3 Å². The van der Waals surface area contributed by atoms with Crippen LogP contribution < -0.4 is 5.43 Å². The van der Waals surface area contributed by atoms with Gasteiger partial charge in [0, 0.05) is 12.0 Å². The minimum absolute atomic E-state index is 0.115. The van der Waals surface area contributed by atoms with Gasteiger partial charge in [-0.05, 0) is 25.0 Å². The Hall–Kier alpha value is -1.88. The summed E-state index contributed by atoms with van der Waals surface area (Å²) in [6.07, 6.45) is 8.23. The summed E-state index contributed by atoms with van der Waals surface area (Å²) in [5.41, 5.74) is 2.95. The number of nitrogens with one attached hydrogen (secondary N) is 1. The number of amides is 1. The van der Waals surface area contributed by atoms with E-state index in [4.69, 9.17) is 0 Å². The number of hydrogen-bond acceptors (Lipinski definition) is 4. The highest BCUT2D eigenvalue weighted by Crippen LogP contribution is 2.12. The summed E-state index contributed by atoms with van der Waals surface area (Å²) in [4.78, 5) is 11.6. The lowest BCUT2D eigenvalue weighted by Crippen LogP contribution is -2.19. The van der Waals surface area contributed by atoms with Gasteiger partial charge in [0.2, 0.25) is 5.91 Å². The van der Waals surface area contributed by atoms with Crippen LogP contribution in [0, 0.1) is 0 Å². The van der Waals surface area contributed by atoms with Crippen molar-refractivity contribution in [1.29, 1.82) is 0 Å². The Labute approximate surface area is 138 Å². The van der Waals surface area contributed by atoms with E-state index in [9.17, 15) is 15.0 Å². The number of unbranched alkanes of at least 4 members (excludes halogenated alkanes) is 4. The van der Waals surface area contributed by atoms with Crippen LogP contribution in [0.25, 0.3) is 0 Å². The van der Waals surface area contributed by atoms with E-state index < -0.39 is 6.10 Å². The maximum absolute atomic E-state index is 11.6. The summed E-state index contributed by atoms with van der Waals surface area (Å²) in [6, 6.07) is 6.75. The minimum atomic E-state index is -0.426. The summed E-state index contributed by atoms with van der Waals surface area (Å²) in [7, 11) is 0. The highest BCUT2D eigenvalue weighted by molar-refractivity contribution is 5.84. The zero-order valence-electron chi connectivity index (χ0n) is 13.9. The van der Waals surface area contributed by atoms with Gasteiger partial charge in [0.05, 0.1) is 12.3 Å². The van der Waals surface area contributed by atoms with Gasteiger partial charge >= 0.3 is 0 Å². The Kier molecular flexibility index (Phi) is 9.71. The smallest absolute Gasteiger partial charge is 0.240 e. The predicted octanol–water partition coefficient (Wildman–Crippen LogP) is 3.34. The number of carbonyl (C=O) groups excluding carboxylic acids is 1. The molecule has 1 aromatic carbocycles. The second-order valence-corrected chi connectivity index (χ2v) is 5.75. The summed E-state index contributed by atoms with van der Waals surface area (Å²) in [5.74, 6) is -0.120. The van der Waals surface area contributed by atoms with Crippen molar-refractivity contribution in [3.8, 4) is 5.75 Å². The van der Waals surface area contributed by atoms with Crippen LogP contribution >= 0.6 is 0 Å². The third-order valence-corrected chi connectivity index (χ3v) is 3.68. The molecule has 1 rings (SSSR count). The Morgan fingerprint density at radius 3 is 2.70 bits per heavy atom. The molecule has 0 saturated heterocycles. The van der Waals surface area contributed by atoms with Gasteiger partial charge in [0.25, 0.3) is 0 Å². The molecule has 0 radical (unpaired) electrons. The van der Waals surface area contributed by atoms with Crippen molar-refractivity contribution < 1.29 is 15.0 Å². The average molecular weight is 320 g/mol. The molecule has 5 heteroatoms. The van der Waals surface area contributed by atoms with Crippen molar-refractivity contribution in [3.63, 3.8) is 0 Å². The molecule has 0 saturated carbocycles. The molecular weight excluding hydrogens is 292 g/mol. The lowest BCUT2D eigenvalue weighted by atomic mass is 10.0. The number of hydrazone groups is 1. The third-order valence-electron chi connectivity index (χ3n) is 3.68. The van der Waals surface area contributed by atoms with Gasteiger partial charge in [-0.3, -0.25) is 4.79 Å². The number of para-hydroxylation sites is 1. The van der Waals surface area contributed by atoms with Crippen LogP contribution in [0.2, 0.25) is 0 Å². The van der Waals surface area contributed by atoms with Crippen LogP contribution in [0.4, 0.5) is 0 Å². The van der Waals surface area contributed by atoms with E-state index in [1.54, 1.807) is 24.3 Å². The van der Waals surface area contributed by atoms with E-state index in [0.29, 0.717) is 12.0 Å². The van der Waals surface area contributed by atoms with Crippen LogP contribution in [0.1, 0.15) is 63.9 Å². The fourth-order valence-corrected chi connectivity index (χ4v) is 2.25. The zero-order chi connectivity index (χ0) is 16.9. The molecule has 5 nitrogen and oxygen atoms in total. The van der Waals surface area contributed by atoms with E-state index >= 15 is 0 Å². The maximum atomic E-state index is 11.6. The summed E-state index contributed by atoms with van der Waals surface area (Å²) < 4.78 is 0. The molecule has 128 valence electrons. The SMILES string of the molecule is CCCCCCCC(O)CCC(=O)N/N=C/c1ccccc1O.